The van der Waals surface area contributed by atoms with Gasteiger partial charge in [-0.1, -0.05) is 18.5 Å². The molecule has 0 amide bonds. The standard InChI is InChI=1S/C14H15ClO/c1-8-6-12(8)13-7-10(15)4-5-11(13)14(16)9-2-3-9/h4-5,7-9,12H,2-3,6H2,1H3/t8-,12?/m0/s1. The molecule has 1 aromatic rings. The van der Waals surface area contributed by atoms with Crippen molar-refractivity contribution in [3.05, 3.63) is 34.3 Å². The Labute approximate surface area is 101 Å². The molecule has 2 saturated carbocycles. The van der Waals surface area contributed by atoms with E-state index in [9.17, 15) is 4.79 Å². The maximum Gasteiger partial charge on any atom is 0.166 e. The summed E-state index contributed by atoms with van der Waals surface area (Å²) in [6.45, 7) is 2.23. The molecular weight excluding hydrogens is 220 g/mol. The van der Waals surface area contributed by atoms with Gasteiger partial charge in [-0.05, 0) is 54.9 Å². The van der Waals surface area contributed by atoms with Crippen LogP contribution in [-0.4, -0.2) is 5.78 Å². The van der Waals surface area contributed by atoms with Crippen LogP contribution in [0.15, 0.2) is 18.2 Å². The van der Waals surface area contributed by atoms with Crippen molar-refractivity contribution in [3.63, 3.8) is 0 Å². The van der Waals surface area contributed by atoms with Gasteiger partial charge in [0.1, 0.15) is 0 Å². The van der Waals surface area contributed by atoms with Gasteiger partial charge in [-0.3, -0.25) is 4.79 Å². The predicted molar refractivity (Wildman–Crippen MR) is 65.0 cm³/mol. The number of hydrogen-bond donors (Lipinski definition) is 0. The molecule has 2 aliphatic rings. The fraction of sp³-hybridized carbons (Fsp3) is 0.500. The third-order valence-corrected chi connectivity index (χ3v) is 3.97. The highest BCUT2D eigenvalue weighted by Crippen LogP contribution is 2.49. The van der Waals surface area contributed by atoms with E-state index in [1.807, 2.05) is 18.2 Å². The van der Waals surface area contributed by atoms with E-state index in [4.69, 9.17) is 11.6 Å². The number of carbonyl (C=O) groups is 1. The fourth-order valence-electron chi connectivity index (χ4n) is 2.39. The molecule has 2 fully saturated rings. The number of rotatable bonds is 3. The first-order chi connectivity index (χ1) is 7.66. The summed E-state index contributed by atoms with van der Waals surface area (Å²) in [5.41, 5.74) is 2.12. The molecule has 0 aromatic heterocycles. The van der Waals surface area contributed by atoms with Crippen LogP contribution in [0.2, 0.25) is 5.02 Å². The summed E-state index contributed by atoms with van der Waals surface area (Å²) >= 11 is 6.02. The van der Waals surface area contributed by atoms with E-state index in [1.54, 1.807) is 0 Å². The van der Waals surface area contributed by atoms with Crippen LogP contribution < -0.4 is 0 Å². The second-order valence-corrected chi connectivity index (χ2v) is 5.63. The van der Waals surface area contributed by atoms with Crippen LogP contribution in [0.25, 0.3) is 0 Å². The lowest BCUT2D eigenvalue weighted by molar-refractivity contribution is 0.0966. The first-order valence-corrected chi connectivity index (χ1v) is 6.38. The first kappa shape index (κ1) is 10.3. The topological polar surface area (TPSA) is 17.1 Å². The van der Waals surface area contributed by atoms with Gasteiger partial charge in [0.2, 0.25) is 0 Å². The van der Waals surface area contributed by atoms with E-state index in [0.29, 0.717) is 23.5 Å². The van der Waals surface area contributed by atoms with Crippen LogP contribution >= 0.6 is 11.6 Å². The number of hydrogen-bond acceptors (Lipinski definition) is 1. The molecule has 2 aliphatic carbocycles. The van der Waals surface area contributed by atoms with Gasteiger partial charge in [0.25, 0.3) is 0 Å². The van der Waals surface area contributed by atoms with Gasteiger partial charge >= 0.3 is 0 Å². The molecule has 0 saturated heterocycles. The highest BCUT2D eigenvalue weighted by atomic mass is 35.5. The van der Waals surface area contributed by atoms with Crippen molar-refractivity contribution >= 4 is 17.4 Å². The van der Waals surface area contributed by atoms with Crippen molar-refractivity contribution in [1.82, 2.24) is 0 Å². The number of carbonyl (C=O) groups excluding carboxylic acids is 1. The van der Waals surface area contributed by atoms with Crippen LogP contribution in [0.3, 0.4) is 0 Å². The van der Waals surface area contributed by atoms with Crippen LogP contribution in [-0.2, 0) is 0 Å². The Balaban J connectivity index is 1.99. The molecular formula is C14H15ClO. The predicted octanol–water partition coefficient (Wildman–Crippen LogP) is 4.06. The first-order valence-electron chi connectivity index (χ1n) is 6.00. The monoisotopic (exact) mass is 234 g/mol. The second-order valence-electron chi connectivity index (χ2n) is 5.19. The highest BCUT2D eigenvalue weighted by molar-refractivity contribution is 6.30. The van der Waals surface area contributed by atoms with Crippen molar-refractivity contribution in [2.45, 2.75) is 32.1 Å². The Morgan fingerprint density at radius 2 is 2.06 bits per heavy atom. The molecule has 84 valence electrons. The molecule has 1 nitrogen and oxygen atoms in total. The summed E-state index contributed by atoms with van der Waals surface area (Å²) in [5, 5.41) is 0.751. The zero-order chi connectivity index (χ0) is 11.3. The zero-order valence-corrected chi connectivity index (χ0v) is 10.1. The van der Waals surface area contributed by atoms with Crippen molar-refractivity contribution < 1.29 is 4.79 Å². The number of halogens is 1. The Hall–Kier alpha value is -0.820. The Morgan fingerprint density at radius 3 is 2.62 bits per heavy atom. The van der Waals surface area contributed by atoms with Gasteiger partial charge in [0, 0.05) is 16.5 Å². The van der Waals surface area contributed by atoms with Crippen molar-refractivity contribution in [2.75, 3.05) is 0 Å². The molecule has 0 aliphatic heterocycles. The largest absolute Gasteiger partial charge is 0.294 e. The maximum absolute atomic E-state index is 12.1. The van der Waals surface area contributed by atoms with Crippen LogP contribution in [0, 0.1) is 11.8 Å². The minimum absolute atomic E-state index is 0.300. The van der Waals surface area contributed by atoms with Gasteiger partial charge in [0.05, 0.1) is 0 Å². The van der Waals surface area contributed by atoms with Gasteiger partial charge in [0.15, 0.2) is 5.78 Å². The molecule has 16 heavy (non-hydrogen) atoms. The number of benzene rings is 1. The summed E-state index contributed by atoms with van der Waals surface area (Å²) in [6.07, 6.45) is 3.34. The van der Waals surface area contributed by atoms with Crippen molar-refractivity contribution in [2.24, 2.45) is 11.8 Å². The van der Waals surface area contributed by atoms with E-state index in [1.165, 1.54) is 12.0 Å². The number of ketones is 1. The maximum atomic E-state index is 12.1. The minimum atomic E-state index is 0.300. The molecule has 0 spiro atoms. The quantitative estimate of drug-likeness (QED) is 0.721. The molecule has 3 rings (SSSR count). The van der Waals surface area contributed by atoms with Gasteiger partial charge in [-0.25, -0.2) is 0 Å². The van der Waals surface area contributed by atoms with Crippen molar-refractivity contribution in [1.29, 1.82) is 0 Å². The van der Waals surface area contributed by atoms with Gasteiger partial charge in [-0.15, -0.1) is 0 Å². The molecule has 0 radical (unpaired) electrons. The SMILES string of the molecule is C[C@H]1CC1c1cc(Cl)ccc1C(=O)C1CC1. The Morgan fingerprint density at radius 1 is 1.38 bits per heavy atom. The highest BCUT2D eigenvalue weighted by Gasteiger charge is 2.39. The molecule has 0 bridgehead atoms. The zero-order valence-electron chi connectivity index (χ0n) is 9.37. The summed E-state index contributed by atoms with van der Waals surface area (Å²) in [4.78, 5) is 12.1. The van der Waals surface area contributed by atoms with E-state index in [0.717, 1.165) is 23.4 Å². The summed E-state index contributed by atoms with van der Waals surface area (Å²) in [5.74, 6) is 1.92. The van der Waals surface area contributed by atoms with Gasteiger partial charge < -0.3 is 0 Å². The van der Waals surface area contributed by atoms with Crippen LogP contribution in [0.4, 0.5) is 0 Å². The fourth-order valence-corrected chi connectivity index (χ4v) is 2.57. The Bertz CT molecular complexity index is 448. The molecule has 2 atom stereocenters. The van der Waals surface area contributed by atoms with E-state index in [2.05, 4.69) is 6.92 Å². The average Bonchev–Trinajstić information content (AvgIpc) is 3.11. The van der Waals surface area contributed by atoms with E-state index >= 15 is 0 Å². The third kappa shape index (κ3) is 1.78. The average molecular weight is 235 g/mol. The summed E-state index contributed by atoms with van der Waals surface area (Å²) in [7, 11) is 0. The summed E-state index contributed by atoms with van der Waals surface area (Å²) < 4.78 is 0. The van der Waals surface area contributed by atoms with Crippen LogP contribution in [0.1, 0.15) is 48.0 Å². The molecule has 1 unspecified atom stereocenters. The lowest BCUT2D eigenvalue weighted by Gasteiger charge is -2.08. The van der Waals surface area contributed by atoms with Crippen LogP contribution in [0.5, 0.6) is 0 Å². The number of Topliss-reactive ketones (excluding diaryl/α,β-unsaturated/α-hetero) is 1. The van der Waals surface area contributed by atoms with Gasteiger partial charge in [-0.2, -0.15) is 0 Å². The minimum Gasteiger partial charge on any atom is -0.294 e. The van der Waals surface area contributed by atoms with E-state index in [-0.39, 0.29) is 0 Å². The molecule has 0 N–H and O–H groups in total. The lowest BCUT2D eigenvalue weighted by Crippen LogP contribution is -2.05. The molecule has 1 aromatic carbocycles. The second kappa shape index (κ2) is 3.59. The smallest absolute Gasteiger partial charge is 0.166 e. The third-order valence-electron chi connectivity index (χ3n) is 3.74. The molecule has 0 heterocycles. The lowest BCUT2D eigenvalue weighted by atomic mass is 9.97. The normalized spacial score (nSPS) is 27.9. The Kier molecular flexibility index (Phi) is 2.32. The van der Waals surface area contributed by atoms with Crippen molar-refractivity contribution in [3.8, 4) is 0 Å². The summed E-state index contributed by atoms with van der Waals surface area (Å²) in [6, 6.07) is 5.75. The molecule has 2 heteroatoms. The van der Waals surface area contributed by atoms with E-state index < -0.39 is 0 Å².